The fraction of sp³-hybridized carbons (Fsp3) is 0.500. The van der Waals surface area contributed by atoms with Crippen LogP contribution in [0.1, 0.15) is 52.0 Å². The largest absolute Gasteiger partial charge is 0.494 e. The molecule has 0 amide bonds. The number of benzene rings is 1. The Morgan fingerprint density at radius 1 is 1.21 bits per heavy atom. The summed E-state index contributed by atoms with van der Waals surface area (Å²) in [5.41, 5.74) is -0.220. The van der Waals surface area contributed by atoms with Crippen molar-refractivity contribution in [2.45, 2.75) is 63.6 Å². The summed E-state index contributed by atoms with van der Waals surface area (Å²) >= 11 is 6.70. The molecule has 0 bridgehead atoms. The molecule has 1 aromatic carbocycles. The Morgan fingerprint density at radius 3 is 2.59 bits per heavy atom. The van der Waals surface area contributed by atoms with Gasteiger partial charge in [-0.15, -0.1) is 0 Å². The van der Waals surface area contributed by atoms with Gasteiger partial charge in [0.2, 0.25) is 11.4 Å². The SMILES string of the molecule is COC1=C(Br)C(=O)[C@]2(C=C1Br)CC(C(=O)O[C@@H]1C[C@H](C)CC[C@H]1C(C)(C)c1ccccc1)=NO2. The van der Waals surface area contributed by atoms with E-state index in [2.05, 4.69) is 69.9 Å². The average Bonchev–Trinajstić information content (AvgIpc) is 3.23. The third-order valence-corrected chi connectivity index (χ3v) is 8.61. The van der Waals surface area contributed by atoms with Crippen LogP contribution in [0.25, 0.3) is 0 Å². The first-order valence-corrected chi connectivity index (χ1v) is 13.1. The molecule has 1 saturated carbocycles. The maximum absolute atomic E-state index is 13.2. The van der Waals surface area contributed by atoms with E-state index in [1.807, 2.05) is 18.2 Å². The van der Waals surface area contributed by atoms with Crippen molar-refractivity contribution < 1.29 is 23.9 Å². The number of ether oxygens (including phenoxy) is 2. The van der Waals surface area contributed by atoms with Gasteiger partial charge in [0.15, 0.2) is 11.5 Å². The van der Waals surface area contributed by atoms with Crippen molar-refractivity contribution >= 4 is 49.3 Å². The van der Waals surface area contributed by atoms with Crippen LogP contribution in [0.2, 0.25) is 0 Å². The molecule has 1 aromatic rings. The number of halogens is 2. The number of hydrogen-bond donors (Lipinski definition) is 0. The van der Waals surface area contributed by atoms with Gasteiger partial charge in [-0.05, 0) is 67.7 Å². The fourth-order valence-corrected chi connectivity index (χ4v) is 6.95. The lowest BCUT2D eigenvalue weighted by molar-refractivity contribution is -0.148. The standard InChI is InChI=1S/C26H29Br2NO5/c1-15-10-11-17(25(2,3)16-8-6-5-7-9-16)20(12-15)33-24(31)19-14-26(34-29-19)13-18(27)22(32-4)21(28)23(26)30/h5-9,13,15,17,20H,10-12,14H2,1-4H3/t15-,17-,20-,26+/m1/s1. The van der Waals surface area contributed by atoms with Crippen LogP contribution in [0.3, 0.4) is 0 Å². The molecule has 6 nitrogen and oxygen atoms in total. The van der Waals surface area contributed by atoms with E-state index >= 15 is 0 Å². The van der Waals surface area contributed by atoms with Gasteiger partial charge in [-0.25, -0.2) is 4.79 Å². The van der Waals surface area contributed by atoms with Gasteiger partial charge in [-0.2, -0.15) is 0 Å². The van der Waals surface area contributed by atoms with Crippen molar-refractivity contribution in [3.8, 4) is 0 Å². The summed E-state index contributed by atoms with van der Waals surface area (Å²) < 4.78 is 12.1. The summed E-state index contributed by atoms with van der Waals surface area (Å²) in [6.45, 7) is 6.63. The molecule has 1 aliphatic heterocycles. The highest BCUT2D eigenvalue weighted by Crippen LogP contribution is 2.45. The topological polar surface area (TPSA) is 74.2 Å². The maximum atomic E-state index is 13.2. The van der Waals surface area contributed by atoms with Gasteiger partial charge >= 0.3 is 5.97 Å². The van der Waals surface area contributed by atoms with Crippen LogP contribution in [-0.4, -0.2) is 36.3 Å². The Hall–Kier alpha value is -1.93. The minimum Gasteiger partial charge on any atom is -0.494 e. The van der Waals surface area contributed by atoms with Gasteiger partial charge in [-0.3, -0.25) is 4.79 Å². The zero-order chi connectivity index (χ0) is 24.7. The van der Waals surface area contributed by atoms with E-state index < -0.39 is 11.6 Å². The number of carbonyl (C=O) groups excluding carboxylic acids is 2. The zero-order valence-electron chi connectivity index (χ0n) is 19.8. The van der Waals surface area contributed by atoms with Gasteiger partial charge in [0.05, 0.1) is 18.0 Å². The number of ketones is 1. The number of allylic oxidation sites excluding steroid dienone is 1. The second kappa shape index (κ2) is 9.61. The Bertz CT molecular complexity index is 1080. The highest BCUT2D eigenvalue weighted by Gasteiger charge is 2.52. The Balaban J connectivity index is 1.52. The van der Waals surface area contributed by atoms with Crippen molar-refractivity contribution in [2.75, 3.05) is 7.11 Å². The monoisotopic (exact) mass is 593 g/mol. The lowest BCUT2D eigenvalue weighted by atomic mass is 9.64. The molecule has 2 aliphatic carbocycles. The lowest BCUT2D eigenvalue weighted by Gasteiger charge is -2.43. The van der Waals surface area contributed by atoms with E-state index in [-0.39, 0.29) is 39.8 Å². The first-order valence-electron chi connectivity index (χ1n) is 11.5. The van der Waals surface area contributed by atoms with E-state index in [9.17, 15) is 9.59 Å². The van der Waals surface area contributed by atoms with Crippen LogP contribution < -0.4 is 0 Å². The minimum absolute atomic E-state index is 0.000872. The van der Waals surface area contributed by atoms with Crippen molar-refractivity contribution in [3.63, 3.8) is 0 Å². The van der Waals surface area contributed by atoms with Crippen molar-refractivity contribution in [2.24, 2.45) is 17.0 Å². The Morgan fingerprint density at radius 2 is 1.91 bits per heavy atom. The van der Waals surface area contributed by atoms with Crippen LogP contribution in [0.5, 0.6) is 0 Å². The van der Waals surface area contributed by atoms with Crippen LogP contribution in [0.4, 0.5) is 0 Å². The molecule has 4 rings (SSSR count). The van der Waals surface area contributed by atoms with E-state index in [0.717, 1.165) is 19.3 Å². The summed E-state index contributed by atoms with van der Waals surface area (Å²) in [6.07, 6.45) is 4.20. The number of hydrogen-bond acceptors (Lipinski definition) is 6. The predicted molar refractivity (Wildman–Crippen MR) is 137 cm³/mol. The quantitative estimate of drug-likeness (QED) is 0.394. The lowest BCUT2D eigenvalue weighted by Crippen LogP contribution is -2.45. The predicted octanol–water partition coefficient (Wildman–Crippen LogP) is 5.94. The molecule has 0 aromatic heterocycles. The molecule has 1 heterocycles. The number of esters is 1. The van der Waals surface area contributed by atoms with Gasteiger partial charge in [0, 0.05) is 5.92 Å². The Labute approximate surface area is 217 Å². The average molecular weight is 595 g/mol. The molecule has 3 aliphatic rings. The molecular formula is C26H29Br2NO5. The first-order chi connectivity index (χ1) is 16.1. The van der Waals surface area contributed by atoms with Crippen LogP contribution >= 0.6 is 31.9 Å². The van der Waals surface area contributed by atoms with E-state index in [0.29, 0.717) is 16.2 Å². The highest BCUT2D eigenvalue weighted by molar-refractivity contribution is 9.12. The van der Waals surface area contributed by atoms with Gasteiger partial charge in [0.1, 0.15) is 10.6 Å². The van der Waals surface area contributed by atoms with Crippen molar-refractivity contribution in [1.29, 1.82) is 0 Å². The van der Waals surface area contributed by atoms with Crippen LogP contribution in [0, 0.1) is 11.8 Å². The number of Topliss-reactive ketones (excluding diaryl/α,β-unsaturated/α-hetero) is 1. The van der Waals surface area contributed by atoms with E-state index in [4.69, 9.17) is 14.3 Å². The molecule has 182 valence electrons. The smallest absolute Gasteiger partial charge is 0.356 e. The molecule has 4 atom stereocenters. The summed E-state index contributed by atoms with van der Waals surface area (Å²) in [5.74, 6) is 0.116. The molecule has 1 fully saturated rings. The molecule has 0 N–H and O–H groups in total. The Kier molecular flexibility index (Phi) is 7.11. The fourth-order valence-electron chi connectivity index (χ4n) is 5.25. The van der Waals surface area contributed by atoms with E-state index in [1.165, 1.54) is 12.7 Å². The van der Waals surface area contributed by atoms with Gasteiger partial charge in [0.25, 0.3) is 0 Å². The molecule has 0 saturated heterocycles. The molecule has 0 unspecified atom stereocenters. The maximum Gasteiger partial charge on any atom is 0.356 e. The molecule has 34 heavy (non-hydrogen) atoms. The van der Waals surface area contributed by atoms with Crippen molar-refractivity contribution in [3.05, 3.63) is 56.7 Å². The second-order valence-corrected chi connectivity index (χ2v) is 11.6. The van der Waals surface area contributed by atoms with Crippen LogP contribution in [0.15, 0.2) is 56.3 Å². The van der Waals surface area contributed by atoms with Crippen LogP contribution in [-0.2, 0) is 29.3 Å². The molecule has 1 spiro atoms. The number of carbonyl (C=O) groups is 2. The van der Waals surface area contributed by atoms with Crippen molar-refractivity contribution in [1.82, 2.24) is 0 Å². The van der Waals surface area contributed by atoms with Gasteiger partial charge in [-0.1, -0.05) is 62.7 Å². The van der Waals surface area contributed by atoms with E-state index in [1.54, 1.807) is 6.08 Å². The third kappa shape index (κ3) is 4.51. The second-order valence-electron chi connectivity index (χ2n) is 9.92. The molecular weight excluding hydrogens is 566 g/mol. The first kappa shape index (κ1) is 25.2. The third-order valence-electron chi connectivity index (χ3n) is 7.31. The van der Waals surface area contributed by atoms with Gasteiger partial charge < -0.3 is 14.3 Å². The molecule has 8 heteroatoms. The number of rotatable bonds is 5. The number of methoxy groups -OCH3 is 1. The number of nitrogens with zero attached hydrogens (tertiary/aromatic N) is 1. The zero-order valence-corrected chi connectivity index (χ0v) is 22.9. The summed E-state index contributed by atoms with van der Waals surface area (Å²) in [5, 5.41) is 3.98. The normalized spacial score (nSPS) is 29.5. The highest BCUT2D eigenvalue weighted by atomic mass is 79.9. The summed E-state index contributed by atoms with van der Waals surface area (Å²) in [6, 6.07) is 10.4. The summed E-state index contributed by atoms with van der Waals surface area (Å²) in [4.78, 5) is 31.8. The number of oxime groups is 1. The molecule has 0 radical (unpaired) electrons. The summed E-state index contributed by atoms with van der Waals surface area (Å²) in [7, 11) is 1.48. The minimum atomic E-state index is -1.39.